The number of aromatic nitrogens is 3. The molecule has 0 bridgehead atoms. The molecule has 0 saturated heterocycles. The van der Waals surface area contributed by atoms with E-state index >= 15 is 0 Å². The van der Waals surface area contributed by atoms with E-state index in [1.165, 1.54) is 19.5 Å². The quantitative estimate of drug-likeness (QED) is 0.386. The van der Waals surface area contributed by atoms with E-state index in [0.29, 0.717) is 23.5 Å². The number of anilines is 3. The average Bonchev–Trinajstić information content (AvgIpc) is 2.80. The van der Waals surface area contributed by atoms with Crippen LogP contribution in [0.4, 0.5) is 30.5 Å². The second-order valence-corrected chi connectivity index (χ2v) is 7.91. The molecule has 11 heteroatoms. The van der Waals surface area contributed by atoms with Crippen LogP contribution in [0.25, 0.3) is 11.3 Å². The summed E-state index contributed by atoms with van der Waals surface area (Å²) < 4.78 is 44.6. The van der Waals surface area contributed by atoms with Gasteiger partial charge in [-0.05, 0) is 29.3 Å². The number of methoxy groups -OCH3 is 1. The number of hydrogen-bond acceptors (Lipinski definition) is 8. The van der Waals surface area contributed by atoms with E-state index in [0.717, 1.165) is 22.9 Å². The first-order chi connectivity index (χ1) is 16.3. The minimum absolute atomic E-state index is 0.0331. The Kier molecular flexibility index (Phi) is 6.96. The molecule has 1 aromatic carbocycles. The molecular formula is C23H24F3N5O3. The van der Waals surface area contributed by atoms with Gasteiger partial charge in [0.2, 0.25) is 0 Å². The molecule has 3 aromatic rings. The number of nitrogens with zero attached hydrogens (tertiary/aromatic N) is 3. The molecule has 1 aliphatic carbocycles. The van der Waals surface area contributed by atoms with E-state index < -0.39 is 24.1 Å². The van der Waals surface area contributed by atoms with E-state index in [4.69, 9.17) is 4.74 Å². The molecule has 0 saturated carbocycles. The Labute approximate surface area is 193 Å². The molecule has 0 unspecified atom stereocenters. The highest BCUT2D eigenvalue weighted by molar-refractivity contribution is 5.75. The highest BCUT2D eigenvalue weighted by Crippen LogP contribution is 2.34. The van der Waals surface area contributed by atoms with Crippen LogP contribution in [0.15, 0.2) is 42.7 Å². The molecule has 0 fully saturated rings. The summed E-state index contributed by atoms with van der Waals surface area (Å²) in [4.78, 5) is 12.2. The van der Waals surface area contributed by atoms with Gasteiger partial charge in [-0.2, -0.15) is 13.2 Å². The number of fused-ring (bicyclic) bond motifs is 1. The molecule has 0 aliphatic heterocycles. The van der Waals surface area contributed by atoms with Crippen molar-refractivity contribution in [1.29, 1.82) is 0 Å². The molecule has 8 nitrogen and oxygen atoms in total. The lowest BCUT2D eigenvalue weighted by molar-refractivity contribution is -0.141. The highest BCUT2D eigenvalue weighted by atomic mass is 19.4. The fourth-order valence-electron chi connectivity index (χ4n) is 3.83. The first-order valence-electron chi connectivity index (χ1n) is 10.6. The minimum atomic E-state index is -4.58. The summed E-state index contributed by atoms with van der Waals surface area (Å²) in [7, 11) is 1.49. The normalized spacial score (nSPS) is 17.8. The van der Waals surface area contributed by atoms with Crippen LogP contribution >= 0.6 is 0 Å². The van der Waals surface area contributed by atoms with Gasteiger partial charge < -0.3 is 25.6 Å². The van der Waals surface area contributed by atoms with Gasteiger partial charge in [-0.15, -0.1) is 0 Å². The maximum absolute atomic E-state index is 13.2. The van der Waals surface area contributed by atoms with Crippen LogP contribution in [0.1, 0.15) is 16.8 Å². The summed E-state index contributed by atoms with van der Waals surface area (Å²) in [6.45, 7) is 0.548. The third kappa shape index (κ3) is 5.27. The number of ether oxygens (including phenoxy) is 1. The molecule has 0 radical (unpaired) electrons. The Hall–Kier alpha value is -3.28. The Balaban J connectivity index is 1.65. The lowest BCUT2D eigenvalue weighted by atomic mass is 9.86. The van der Waals surface area contributed by atoms with Gasteiger partial charge in [-0.3, -0.25) is 0 Å². The van der Waals surface area contributed by atoms with E-state index in [2.05, 4.69) is 25.6 Å². The van der Waals surface area contributed by atoms with Crippen LogP contribution in [-0.2, 0) is 23.8 Å². The van der Waals surface area contributed by atoms with E-state index in [1.54, 1.807) is 6.07 Å². The van der Waals surface area contributed by atoms with E-state index in [1.807, 2.05) is 18.2 Å². The number of aliphatic hydroxyl groups excluding tert-OH is 2. The van der Waals surface area contributed by atoms with Gasteiger partial charge in [0.15, 0.2) is 0 Å². The molecule has 34 heavy (non-hydrogen) atoms. The van der Waals surface area contributed by atoms with Crippen LogP contribution < -0.4 is 10.6 Å². The van der Waals surface area contributed by atoms with Crippen molar-refractivity contribution in [2.24, 2.45) is 0 Å². The summed E-state index contributed by atoms with van der Waals surface area (Å²) >= 11 is 0. The lowest BCUT2D eigenvalue weighted by Gasteiger charge is -2.27. The number of nitrogens with one attached hydrogen (secondary N) is 2. The zero-order valence-electron chi connectivity index (χ0n) is 18.3. The van der Waals surface area contributed by atoms with Crippen molar-refractivity contribution < 1.29 is 28.1 Å². The largest absolute Gasteiger partial charge is 0.433 e. The second kappa shape index (κ2) is 9.92. The van der Waals surface area contributed by atoms with Gasteiger partial charge in [-0.25, -0.2) is 15.0 Å². The summed E-state index contributed by atoms with van der Waals surface area (Å²) in [5.74, 6) is 0.451. The molecule has 2 aromatic heterocycles. The van der Waals surface area contributed by atoms with E-state index in [-0.39, 0.29) is 25.4 Å². The Morgan fingerprint density at radius 3 is 2.65 bits per heavy atom. The van der Waals surface area contributed by atoms with Gasteiger partial charge >= 0.3 is 6.18 Å². The molecule has 0 spiro atoms. The molecular weight excluding hydrogens is 451 g/mol. The smallest absolute Gasteiger partial charge is 0.390 e. The van der Waals surface area contributed by atoms with Gasteiger partial charge in [0.05, 0.1) is 24.5 Å². The number of hydrogen-bond donors (Lipinski definition) is 4. The van der Waals surface area contributed by atoms with E-state index in [9.17, 15) is 23.4 Å². The summed E-state index contributed by atoms with van der Waals surface area (Å²) in [6.07, 6.45) is -4.33. The number of halogens is 3. The zero-order valence-corrected chi connectivity index (χ0v) is 18.3. The van der Waals surface area contributed by atoms with Gasteiger partial charge in [0.25, 0.3) is 0 Å². The molecule has 0 amide bonds. The van der Waals surface area contributed by atoms with Crippen LogP contribution in [0, 0.1) is 0 Å². The third-order valence-electron chi connectivity index (χ3n) is 5.55. The van der Waals surface area contributed by atoms with Crippen molar-refractivity contribution in [2.75, 3.05) is 30.9 Å². The number of rotatable bonds is 7. The molecule has 4 rings (SSSR count). The van der Waals surface area contributed by atoms with Crippen molar-refractivity contribution in [2.45, 2.75) is 31.2 Å². The summed E-state index contributed by atoms with van der Waals surface area (Å²) in [5, 5.41) is 26.1. The topological polar surface area (TPSA) is 112 Å². The van der Waals surface area contributed by atoms with Crippen molar-refractivity contribution in [1.82, 2.24) is 15.0 Å². The third-order valence-corrected chi connectivity index (χ3v) is 5.55. The first-order valence-corrected chi connectivity index (χ1v) is 10.6. The van der Waals surface area contributed by atoms with Crippen molar-refractivity contribution in [3.63, 3.8) is 0 Å². The molecule has 180 valence electrons. The minimum Gasteiger partial charge on any atom is -0.390 e. The van der Waals surface area contributed by atoms with Crippen molar-refractivity contribution in [3.8, 4) is 11.3 Å². The monoisotopic (exact) mass is 475 g/mol. The predicted octanol–water partition coefficient (Wildman–Crippen LogP) is 3.18. The predicted molar refractivity (Wildman–Crippen MR) is 120 cm³/mol. The second-order valence-electron chi connectivity index (χ2n) is 7.91. The van der Waals surface area contributed by atoms with Gasteiger partial charge in [0.1, 0.15) is 23.7 Å². The number of benzene rings is 1. The van der Waals surface area contributed by atoms with Crippen LogP contribution in [-0.4, -0.2) is 57.6 Å². The van der Waals surface area contributed by atoms with Gasteiger partial charge in [-0.1, -0.05) is 12.1 Å². The molecule has 2 heterocycles. The Morgan fingerprint density at radius 2 is 1.88 bits per heavy atom. The van der Waals surface area contributed by atoms with Crippen LogP contribution in [0.2, 0.25) is 0 Å². The standard InChI is InChI=1S/C23H24F3N5O3/c1-34-8-7-27-22-14(5-6-20(31-22)23(24,25)26)17-11-21(29-12-28-17)30-16-4-2-3-13-9-18(32)19(33)10-15(13)16/h2-6,11-12,18-19,32-33H,7-10H2,1H3,(H,27,31)(H,28,29,30)/t18-,19+/m0/s1. The summed E-state index contributed by atoms with van der Waals surface area (Å²) in [6, 6.07) is 9.41. The highest BCUT2D eigenvalue weighted by Gasteiger charge is 2.33. The fourth-order valence-corrected chi connectivity index (χ4v) is 3.83. The fraction of sp³-hybridized carbons (Fsp3) is 0.348. The number of alkyl halides is 3. The number of pyridine rings is 1. The lowest BCUT2D eigenvalue weighted by Crippen LogP contribution is -2.34. The molecule has 4 N–H and O–H groups in total. The SMILES string of the molecule is COCCNc1nc(C(F)(F)F)ccc1-c1cc(Nc2cccc3c2C[C@@H](O)[C@@H](O)C3)ncn1. The molecule has 1 aliphatic rings. The Bertz CT molecular complexity index is 1160. The van der Waals surface area contributed by atoms with Crippen molar-refractivity contribution >= 4 is 17.3 Å². The Morgan fingerprint density at radius 1 is 1.09 bits per heavy atom. The zero-order chi connectivity index (χ0) is 24.3. The van der Waals surface area contributed by atoms with Gasteiger partial charge in [0, 0.05) is 43.8 Å². The number of aliphatic hydroxyl groups is 2. The maximum Gasteiger partial charge on any atom is 0.433 e. The van der Waals surface area contributed by atoms with Crippen molar-refractivity contribution in [3.05, 3.63) is 59.5 Å². The first kappa shape index (κ1) is 23.9. The van der Waals surface area contributed by atoms with Crippen LogP contribution in [0.3, 0.4) is 0 Å². The maximum atomic E-state index is 13.2. The summed E-state index contributed by atoms with van der Waals surface area (Å²) in [5.41, 5.74) is 2.26. The molecule has 2 atom stereocenters. The average molecular weight is 475 g/mol. The van der Waals surface area contributed by atoms with Crippen LogP contribution in [0.5, 0.6) is 0 Å².